The number of carbonyl (C=O) groups is 1. The van der Waals surface area contributed by atoms with E-state index in [1.807, 2.05) is 18.2 Å². The number of benzene rings is 1. The van der Waals surface area contributed by atoms with E-state index in [-0.39, 0.29) is 5.91 Å². The van der Waals surface area contributed by atoms with E-state index in [2.05, 4.69) is 17.4 Å². The molecule has 1 aliphatic carbocycles. The highest BCUT2D eigenvalue weighted by Gasteiger charge is 2.38. The lowest BCUT2D eigenvalue weighted by Gasteiger charge is -2.04. The SMILES string of the molecule is NCCCC(=O)NC1CC1c1ccccc1. The number of carbonyl (C=O) groups excluding carboxylic acids is 1. The zero-order valence-electron chi connectivity index (χ0n) is 9.36. The monoisotopic (exact) mass is 218 g/mol. The van der Waals surface area contributed by atoms with Crippen LogP contribution in [0.25, 0.3) is 0 Å². The van der Waals surface area contributed by atoms with Gasteiger partial charge in [-0.05, 0) is 24.9 Å². The maximum absolute atomic E-state index is 11.5. The van der Waals surface area contributed by atoms with Crippen molar-refractivity contribution in [2.45, 2.75) is 31.2 Å². The smallest absolute Gasteiger partial charge is 0.220 e. The molecule has 16 heavy (non-hydrogen) atoms. The van der Waals surface area contributed by atoms with Crippen molar-refractivity contribution in [3.8, 4) is 0 Å². The van der Waals surface area contributed by atoms with Gasteiger partial charge in [0, 0.05) is 18.4 Å². The maximum atomic E-state index is 11.5. The van der Waals surface area contributed by atoms with Crippen LogP contribution in [0.2, 0.25) is 0 Å². The van der Waals surface area contributed by atoms with Crippen LogP contribution in [0.4, 0.5) is 0 Å². The van der Waals surface area contributed by atoms with Crippen LogP contribution in [-0.2, 0) is 4.79 Å². The molecule has 3 heteroatoms. The third-order valence-electron chi connectivity index (χ3n) is 2.97. The first-order valence-corrected chi connectivity index (χ1v) is 5.85. The first-order valence-electron chi connectivity index (χ1n) is 5.85. The molecule has 2 atom stereocenters. The van der Waals surface area contributed by atoms with E-state index in [0.29, 0.717) is 24.9 Å². The van der Waals surface area contributed by atoms with Crippen molar-refractivity contribution < 1.29 is 4.79 Å². The molecule has 3 nitrogen and oxygen atoms in total. The Bertz CT molecular complexity index is 350. The Labute approximate surface area is 96.0 Å². The fourth-order valence-electron chi connectivity index (χ4n) is 1.96. The molecule has 1 fully saturated rings. The van der Waals surface area contributed by atoms with Gasteiger partial charge in [-0.1, -0.05) is 30.3 Å². The maximum Gasteiger partial charge on any atom is 0.220 e. The molecule has 0 aliphatic heterocycles. The largest absolute Gasteiger partial charge is 0.353 e. The molecule has 2 rings (SSSR count). The topological polar surface area (TPSA) is 55.1 Å². The van der Waals surface area contributed by atoms with E-state index in [1.54, 1.807) is 0 Å². The average Bonchev–Trinajstić information content (AvgIpc) is 3.07. The Balaban J connectivity index is 1.77. The van der Waals surface area contributed by atoms with Crippen molar-refractivity contribution in [1.29, 1.82) is 0 Å². The van der Waals surface area contributed by atoms with Gasteiger partial charge in [0.2, 0.25) is 5.91 Å². The molecule has 1 aliphatic rings. The fraction of sp³-hybridized carbons (Fsp3) is 0.462. The third kappa shape index (κ3) is 2.83. The number of hydrogen-bond donors (Lipinski definition) is 2. The minimum atomic E-state index is 0.133. The second-order valence-electron chi connectivity index (χ2n) is 4.32. The number of hydrogen-bond acceptors (Lipinski definition) is 2. The van der Waals surface area contributed by atoms with Crippen molar-refractivity contribution in [3.63, 3.8) is 0 Å². The molecule has 1 aromatic carbocycles. The zero-order chi connectivity index (χ0) is 11.4. The van der Waals surface area contributed by atoms with Gasteiger partial charge in [-0.15, -0.1) is 0 Å². The van der Waals surface area contributed by atoms with Gasteiger partial charge >= 0.3 is 0 Å². The van der Waals surface area contributed by atoms with Gasteiger partial charge in [-0.25, -0.2) is 0 Å². The van der Waals surface area contributed by atoms with Gasteiger partial charge in [0.05, 0.1) is 0 Å². The van der Waals surface area contributed by atoms with E-state index in [4.69, 9.17) is 5.73 Å². The van der Waals surface area contributed by atoms with Crippen LogP contribution in [0.5, 0.6) is 0 Å². The molecule has 2 unspecified atom stereocenters. The summed E-state index contributed by atoms with van der Waals surface area (Å²) in [6, 6.07) is 10.7. The summed E-state index contributed by atoms with van der Waals surface area (Å²) < 4.78 is 0. The predicted molar refractivity (Wildman–Crippen MR) is 64.0 cm³/mol. The summed E-state index contributed by atoms with van der Waals surface area (Å²) in [5.41, 5.74) is 6.69. The lowest BCUT2D eigenvalue weighted by atomic mass is 10.1. The van der Waals surface area contributed by atoms with E-state index in [9.17, 15) is 4.79 Å². The van der Waals surface area contributed by atoms with E-state index >= 15 is 0 Å². The molecule has 0 bridgehead atoms. The van der Waals surface area contributed by atoms with Gasteiger partial charge < -0.3 is 11.1 Å². The molecule has 0 radical (unpaired) electrons. The zero-order valence-corrected chi connectivity index (χ0v) is 9.36. The highest BCUT2D eigenvalue weighted by atomic mass is 16.1. The number of nitrogens with two attached hydrogens (primary N) is 1. The van der Waals surface area contributed by atoms with Crippen molar-refractivity contribution in [2.24, 2.45) is 5.73 Å². The number of nitrogens with one attached hydrogen (secondary N) is 1. The Morgan fingerprint density at radius 3 is 2.81 bits per heavy atom. The standard InChI is InChI=1S/C13H18N2O/c14-8-4-7-13(16)15-12-9-11(12)10-5-2-1-3-6-10/h1-3,5-6,11-12H,4,7-9,14H2,(H,15,16). The normalized spacial score (nSPS) is 22.8. The number of amides is 1. The van der Waals surface area contributed by atoms with Crippen LogP contribution < -0.4 is 11.1 Å². The van der Waals surface area contributed by atoms with Crippen LogP contribution in [0.3, 0.4) is 0 Å². The highest BCUT2D eigenvalue weighted by Crippen LogP contribution is 2.40. The van der Waals surface area contributed by atoms with Crippen molar-refractivity contribution in [3.05, 3.63) is 35.9 Å². The Hall–Kier alpha value is -1.35. The van der Waals surface area contributed by atoms with Crippen molar-refractivity contribution in [1.82, 2.24) is 5.32 Å². The minimum absolute atomic E-state index is 0.133. The van der Waals surface area contributed by atoms with Crippen LogP contribution in [0, 0.1) is 0 Å². The molecule has 0 heterocycles. The first kappa shape index (κ1) is 11.1. The summed E-state index contributed by atoms with van der Waals surface area (Å²) in [6.45, 7) is 0.584. The molecule has 1 saturated carbocycles. The van der Waals surface area contributed by atoms with Crippen molar-refractivity contribution in [2.75, 3.05) is 6.54 Å². The minimum Gasteiger partial charge on any atom is -0.353 e. The third-order valence-corrected chi connectivity index (χ3v) is 2.97. The van der Waals surface area contributed by atoms with E-state index in [0.717, 1.165) is 12.8 Å². The van der Waals surface area contributed by atoms with Gasteiger partial charge in [-0.3, -0.25) is 4.79 Å². The summed E-state index contributed by atoms with van der Waals surface area (Å²) in [5, 5.41) is 3.04. The van der Waals surface area contributed by atoms with Gasteiger partial charge in [0.15, 0.2) is 0 Å². The summed E-state index contributed by atoms with van der Waals surface area (Å²) in [5.74, 6) is 0.650. The second kappa shape index (κ2) is 5.12. The molecule has 1 amide bonds. The molecule has 0 aromatic heterocycles. The van der Waals surface area contributed by atoms with Crippen LogP contribution in [0.15, 0.2) is 30.3 Å². The Kier molecular flexibility index (Phi) is 3.57. The van der Waals surface area contributed by atoms with Crippen LogP contribution in [-0.4, -0.2) is 18.5 Å². The lowest BCUT2D eigenvalue weighted by Crippen LogP contribution is -2.26. The lowest BCUT2D eigenvalue weighted by molar-refractivity contribution is -0.121. The molecule has 0 spiro atoms. The highest BCUT2D eigenvalue weighted by molar-refractivity contribution is 5.76. The Morgan fingerprint density at radius 1 is 1.38 bits per heavy atom. The van der Waals surface area contributed by atoms with E-state index < -0.39 is 0 Å². The molecule has 0 saturated heterocycles. The average molecular weight is 218 g/mol. The van der Waals surface area contributed by atoms with Crippen molar-refractivity contribution >= 4 is 5.91 Å². The van der Waals surface area contributed by atoms with Crippen LogP contribution >= 0.6 is 0 Å². The number of rotatable bonds is 5. The van der Waals surface area contributed by atoms with E-state index in [1.165, 1.54) is 5.56 Å². The van der Waals surface area contributed by atoms with Gasteiger partial charge in [0.1, 0.15) is 0 Å². The molecule has 3 N–H and O–H groups in total. The summed E-state index contributed by atoms with van der Waals surface area (Å²) in [4.78, 5) is 11.5. The summed E-state index contributed by atoms with van der Waals surface area (Å²) >= 11 is 0. The molecular weight excluding hydrogens is 200 g/mol. The predicted octanol–water partition coefficient (Wildman–Crippen LogP) is 1.40. The second-order valence-corrected chi connectivity index (χ2v) is 4.32. The quantitative estimate of drug-likeness (QED) is 0.785. The first-order chi connectivity index (χ1) is 7.81. The summed E-state index contributed by atoms with van der Waals surface area (Å²) in [6.07, 6.45) is 2.39. The molecule has 86 valence electrons. The summed E-state index contributed by atoms with van der Waals surface area (Å²) in [7, 11) is 0. The molecular formula is C13H18N2O. The van der Waals surface area contributed by atoms with Gasteiger partial charge in [-0.2, -0.15) is 0 Å². The Morgan fingerprint density at radius 2 is 2.12 bits per heavy atom. The van der Waals surface area contributed by atoms with Gasteiger partial charge in [0.25, 0.3) is 0 Å². The van der Waals surface area contributed by atoms with Crippen LogP contribution in [0.1, 0.15) is 30.7 Å². The molecule has 1 aromatic rings. The fourth-order valence-corrected chi connectivity index (χ4v) is 1.96.